The summed E-state index contributed by atoms with van der Waals surface area (Å²) in [5.41, 5.74) is 0.261. The summed E-state index contributed by atoms with van der Waals surface area (Å²) in [6.45, 7) is 0. The minimum atomic E-state index is -4.36. The van der Waals surface area contributed by atoms with Crippen LogP contribution in [0.4, 0.5) is 13.2 Å². The number of alkyl halides is 3. The van der Waals surface area contributed by atoms with E-state index in [-0.39, 0.29) is 5.78 Å². The highest BCUT2D eigenvalue weighted by molar-refractivity contribution is 6.30. The van der Waals surface area contributed by atoms with E-state index in [2.05, 4.69) is 0 Å². The first-order valence-corrected chi connectivity index (χ1v) is 6.39. The molecule has 0 unspecified atom stereocenters. The molecule has 0 bridgehead atoms. The first-order chi connectivity index (χ1) is 9.86. The van der Waals surface area contributed by atoms with E-state index in [0.717, 1.165) is 12.1 Å². The molecule has 0 aromatic heterocycles. The Balaban J connectivity index is 2.10. The van der Waals surface area contributed by atoms with Crippen molar-refractivity contribution in [2.75, 3.05) is 0 Å². The monoisotopic (exact) mass is 310 g/mol. The van der Waals surface area contributed by atoms with Gasteiger partial charge in [0.25, 0.3) is 0 Å². The molecule has 0 N–H and O–H groups in total. The standard InChI is InChI=1S/C16H10ClF3O/c17-14-8-4-12(5-9-14)15(21)10-3-11-1-6-13(7-2-11)16(18,19)20/h1-10H. The predicted octanol–water partition coefficient (Wildman–Crippen LogP) is 5.25. The molecule has 0 aliphatic heterocycles. The topological polar surface area (TPSA) is 17.1 Å². The molecule has 5 heteroatoms. The number of hydrogen-bond donors (Lipinski definition) is 0. The van der Waals surface area contributed by atoms with Crippen molar-refractivity contribution in [2.45, 2.75) is 6.18 Å². The molecule has 0 saturated carbocycles. The van der Waals surface area contributed by atoms with Gasteiger partial charge in [-0.2, -0.15) is 13.2 Å². The molecule has 0 fully saturated rings. The number of allylic oxidation sites excluding steroid dienone is 1. The zero-order valence-corrected chi connectivity index (χ0v) is 11.4. The Morgan fingerprint density at radius 1 is 0.952 bits per heavy atom. The predicted molar refractivity (Wildman–Crippen MR) is 76.3 cm³/mol. The summed E-state index contributed by atoms with van der Waals surface area (Å²) in [6.07, 6.45) is -1.58. The quantitative estimate of drug-likeness (QED) is 0.558. The van der Waals surface area contributed by atoms with Gasteiger partial charge in [0.1, 0.15) is 0 Å². The first kappa shape index (κ1) is 15.3. The normalized spacial score (nSPS) is 11.8. The highest BCUT2D eigenvalue weighted by Gasteiger charge is 2.29. The van der Waals surface area contributed by atoms with Crippen LogP contribution in [0.1, 0.15) is 21.5 Å². The maximum Gasteiger partial charge on any atom is 0.416 e. The lowest BCUT2D eigenvalue weighted by atomic mass is 10.1. The zero-order chi connectivity index (χ0) is 15.5. The van der Waals surface area contributed by atoms with Gasteiger partial charge in [-0.3, -0.25) is 4.79 Å². The number of hydrogen-bond acceptors (Lipinski definition) is 1. The van der Waals surface area contributed by atoms with Gasteiger partial charge in [0.15, 0.2) is 5.78 Å². The molecule has 2 aromatic carbocycles. The van der Waals surface area contributed by atoms with E-state index in [1.807, 2.05) is 0 Å². The van der Waals surface area contributed by atoms with Gasteiger partial charge in [0, 0.05) is 10.6 Å². The highest BCUT2D eigenvalue weighted by Crippen LogP contribution is 2.29. The van der Waals surface area contributed by atoms with Crippen molar-refractivity contribution < 1.29 is 18.0 Å². The summed E-state index contributed by atoms with van der Waals surface area (Å²) < 4.78 is 37.2. The number of ketones is 1. The van der Waals surface area contributed by atoms with E-state index in [1.54, 1.807) is 24.3 Å². The van der Waals surface area contributed by atoms with Crippen LogP contribution < -0.4 is 0 Å². The Morgan fingerprint density at radius 2 is 1.52 bits per heavy atom. The minimum Gasteiger partial charge on any atom is -0.289 e. The summed E-state index contributed by atoms with van der Waals surface area (Å²) in [7, 11) is 0. The number of carbonyl (C=O) groups excluding carboxylic acids is 1. The Morgan fingerprint density at radius 3 is 2.05 bits per heavy atom. The molecule has 0 saturated heterocycles. The van der Waals surface area contributed by atoms with E-state index in [1.165, 1.54) is 24.3 Å². The van der Waals surface area contributed by atoms with E-state index in [0.29, 0.717) is 16.1 Å². The Bertz CT molecular complexity index is 655. The fourth-order valence-corrected chi connectivity index (χ4v) is 1.79. The van der Waals surface area contributed by atoms with Crippen LogP contribution in [0.3, 0.4) is 0 Å². The Labute approximate surface area is 124 Å². The third-order valence-corrected chi connectivity index (χ3v) is 3.05. The number of halogens is 4. The summed E-state index contributed by atoms with van der Waals surface area (Å²) in [6, 6.07) is 11.0. The van der Waals surface area contributed by atoms with Crippen LogP contribution in [0.15, 0.2) is 54.6 Å². The maximum atomic E-state index is 12.4. The van der Waals surface area contributed by atoms with Crippen molar-refractivity contribution >= 4 is 23.5 Å². The van der Waals surface area contributed by atoms with Crippen molar-refractivity contribution in [1.82, 2.24) is 0 Å². The van der Waals surface area contributed by atoms with Crippen molar-refractivity contribution in [3.63, 3.8) is 0 Å². The largest absolute Gasteiger partial charge is 0.416 e. The van der Waals surface area contributed by atoms with Gasteiger partial charge >= 0.3 is 6.18 Å². The van der Waals surface area contributed by atoms with Crippen molar-refractivity contribution in [2.24, 2.45) is 0 Å². The molecular weight excluding hydrogens is 301 g/mol. The average molecular weight is 311 g/mol. The Hall–Kier alpha value is -2.07. The summed E-state index contributed by atoms with van der Waals surface area (Å²) in [5, 5.41) is 0.526. The fraction of sp³-hybridized carbons (Fsp3) is 0.0625. The molecule has 2 aromatic rings. The summed E-state index contributed by atoms with van der Waals surface area (Å²) >= 11 is 5.72. The second-order valence-electron chi connectivity index (χ2n) is 4.32. The van der Waals surface area contributed by atoms with Gasteiger partial charge in [-0.25, -0.2) is 0 Å². The lowest BCUT2D eigenvalue weighted by Gasteiger charge is -2.05. The molecule has 0 aliphatic rings. The molecule has 0 aliphatic carbocycles. The molecule has 1 nitrogen and oxygen atoms in total. The van der Waals surface area contributed by atoms with Crippen LogP contribution in [0.2, 0.25) is 5.02 Å². The van der Waals surface area contributed by atoms with Crippen LogP contribution >= 0.6 is 11.6 Å². The van der Waals surface area contributed by atoms with Crippen LogP contribution in [0, 0.1) is 0 Å². The van der Waals surface area contributed by atoms with E-state index < -0.39 is 11.7 Å². The molecular formula is C16H10ClF3O. The smallest absolute Gasteiger partial charge is 0.289 e. The van der Waals surface area contributed by atoms with Gasteiger partial charge in [0.05, 0.1) is 5.56 Å². The molecule has 2 rings (SSSR count). The van der Waals surface area contributed by atoms with Crippen LogP contribution in [0.5, 0.6) is 0 Å². The second-order valence-corrected chi connectivity index (χ2v) is 4.76. The van der Waals surface area contributed by atoms with E-state index in [9.17, 15) is 18.0 Å². The lowest BCUT2D eigenvalue weighted by molar-refractivity contribution is -0.137. The van der Waals surface area contributed by atoms with Crippen LogP contribution in [0.25, 0.3) is 6.08 Å². The lowest BCUT2D eigenvalue weighted by Crippen LogP contribution is -2.04. The summed E-state index contributed by atoms with van der Waals surface area (Å²) in [4.78, 5) is 11.8. The molecule has 0 atom stereocenters. The van der Waals surface area contributed by atoms with Gasteiger partial charge < -0.3 is 0 Å². The van der Waals surface area contributed by atoms with Gasteiger partial charge in [-0.1, -0.05) is 29.8 Å². The van der Waals surface area contributed by atoms with Gasteiger partial charge in [-0.15, -0.1) is 0 Å². The third kappa shape index (κ3) is 4.20. The molecule has 0 heterocycles. The average Bonchev–Trinajstić information content (AvgIpc) is 2.45. The van der Waals surface area contributed by atoms with E-state index in [4.69, 9.17) is 11.6 Å². The molecule has 0 radical (unpaired) electrons. The third-order valence-electron chi connectivity index (χ3n) is 2.79. The van der Waals surface area contributed by atoms with Crippen LogP contribution in [-0.4, -0.2) is 5.78 Å². The van der Waals surface area contributed by atoms with Gasteiger partial charge in [0.2, 0.25) is 0 Å². The minimum absolute atomic E-state index is 0.244. The van der Waals surface area contributed by atoms with Crippen molar-refractivity contribution in [1.29, 1.82) is 0 Å². The SMILES string of the molecule is O=C(C=Cc1ccc(C(F)(F)F)cc1)c1ccc(Cl)cc1. The van der Waals surface area contributed by atoms with E-state index >= 15 is 0 Å². The maximum absolute atomic E-state index is 12.4. The van der Waals surface area contributed by atoms with Crippen molar-refractivity contribution in [3.05, 3.63) is 76.3 Å². The number of carbonyl (C=O) groups is 1. The molecule has 108 valence electrons. The first-order valence-electron chi connectivity index (χ1n) is 6.01. The van der Waals surface area contributed by atoms with Gasteiger partial charge in [-0.05, 0) is 48.0 Å². The fourth-order valence-electron chi connectivity index (χ4n) is 1.67. The summed E-state index contributed by atoms with van der Waals surface area (Å²) in [5.74, 6) is -0.244. The molecule has 21 heavy (non-hydrogen) atoms. The highest BCUT2D eigenvalue weighted by atomic mass is 35.5. The molecule has 0 spiro atoms. The zero-order valence-electron chi connectivity index (χ0n) is 10.7. The number of rotatable bonds is 3. The molecule has 0 amide bonds. The Kier molecular flexibility index (Phi) is 4.48. The second kappa shape index (κ2) is 6.14. The van der Waals surface area contributed by atoms with Crippen LogP contribution in [-0.2, 0) is 6.18 Å². The number of benzene rings is 2. The van der Waals surface area contributed by atoms with Crippen molar-refractivity contribution in [3.8, 4) is 0 Å².